The minimum Gasteiger partial charge on any atom is -0.383 e. The molecule has 0 spiro atoms. The molecule has 0 unspecified atom stereocenters. The quantitative estimate of drug-likeness (QED) is 0.431. The van der Waals surface area contributed by atoms with E-state index in [1.54, 1.807) is 13.3 Å². The van der Waals surface area contributed by atoms with Gasteiger partial charge >= 0.3 is 0 Å². The molecule has 0 radical (unpaired) electrons. The number of anilines is 1. The van der Waals surface area contributed by atoms with Crippen LogP contribution in [0.4, 0.5) is 5.69 Å². The summed E-state index contributed by atoms with van der Waals surface area (Å²) >= 11 is 5.77. The number of aryl methyl sites for hydroxylation is 2. The first-order valence-electron chi connectivity index (χ1n) is 11.9. The molecule has 4 rings (SSSR count). The number of rotatable bonds is 9. The first-order chi connectivity index (χ1) is 16.9. The molecule has 2 N–H and O–H groups in total. The van der Waals surface area contributed by atoms with Crippen LogP contribution in [0, 0.1) is 20.8 Å². The van der Waals surface area contributed by atoms with E-state index >= 15 is 0 Å². The summed E-state index contributed by atoms with van der Waals surface area (Å²) in [6, 6.07) is 15.8. The summed E-state index contributed by atoms with van der Waals surface area (Å²) in [4.78, 5) is 19.5. The number of carbonyl (C=O) groups excluding carboxylic acids is 1. The van der Waals surface area contributed by atoms with Gasteiger partial charge in [0.2, 0.25) is 5.91 Å². The van der Waals surface area contributed by atoms with Crippen molar-refractivity contribution in [2.24, 2.45) is 0 Å². The highest BCUT2D eigenvalue weighted by molar-refractivity contribution is 7.80. The molecule has 0 bridgehead atoms. The lowest BCUT2D eigenvalue weighted by atomic mass is 9.96. The molecule has 1 saturated heterocycles. The third-order valence-corrected chi connectivity index (χ3v) is 6.88. The lowest BCUT2D eigenvalue weighted by Crippen LogP contribution is -2.33. The third-order valence-electron chi connectivity index (χ3n) is 6.53. The summed E-state index contributed by atoms with van der Waals surface area (Å²) < 4.78 is 7.60. The summed E-state index contributed by atoms with van der Waals surface area (Å²) in [5.41, 5.74) is 6.36. The van der Waals surface area contributed by atoms with Crippen LogP contribution >= 0.6 is 12.2 Å². The number of methoxy groups -OCH3 is 1. The highest BCUT2D eigenvalue weighted by Gasteiger charge is 2.41. The van der Waals surface area contributed by atoms with Crippen molar-refractivity contribution in [2.75, 3.05) is 25.6 Å². The molecule has 3 aromatic rings. The van der Waals surface area contributed by atoms with Crippen molar-refractivity contribution < 1.29 is 9.53 Å². The normalized spacial score (nSPS) is 17.5. The fraction of sp³-hybridized carbons (Fsp3) is 0.370. The van der Waals surface area contributed by atoms with Crippen LogP contribution in [0.25, 0.3) is 0 Å². The van der Waals surface area contributed by atoms with Crippen LogP contribution in [0.15, 0.2) is 54.7 Å². The molecular weight excluding hydrogens is 458 g/mol. The van der Waals surface area contributed by atoms with Gasteiger partial charge in [-0.15, -0.1) is 0 Å². The van der Waals surface area contributed by atoms with Crippen LogP contribution < -0.4 is 10.6 Å². The number of thiocarbonyl (C=S) groups is 1. The zero-order chi connectivity index (χ0) is 24.9. The summed E-state index contributed by atoms with van der Waals surface area (Å²) in [7, 11) is 1.72. The average molecular weight is 492 g/mol. The van der Waals surface area contributed by atoms with Crippen molar-refractivity contribution in [3.05, 3.63) is 82.9 Å². The molecule has 184 valence electrons. The number of nitrogens with one attached hydrogen (secondary N) is 2. The van der Waals surface area contributed by atoms with E-state index < -0.39 is 0 Å². The molecular formula is C27H33N5O2S. The topological polar surface area (TPSA) is 71.4 Å². The molecule has 7 nitrogen and oxygen atoms in total. The minimum atomic E-state index is -0.111. The van der Waals surface area contributed by atoms with Gasteiger partial charge in [0, 0.05) is 49.9 Å². The van der Waals surface area contributed by atoms with E-state index in [9.17, 15) is 4.79 Å². The molecule has 2 atom stereocenters. The maximum atomic E-state index is 12.8. The van der Waals surface area contributed by atoms with E-state index in [1.807, 2.05) is 49.4 Å². The van der Waals surface area contributed by atoms with Gasteiger partial charge in [0.1, 0.15) is 0 Å². The average Bonchev–Trinajstić information content (AvgIpc) is 3.31. The highest BCUT2D eigenvalue weighted by atomic mass is 32.1. The molecule has 0 aliphatic carbocycles. The number of pyridine rings is 1. The fourth-order valence-electron chi connectivity index (χ4n) is 4.81. The standard InChI is InChI=1S/C27H33N5O2S/c1-18-8-7-9-21(16-18)29-24(33)11-13-32-26(22-17-19(2)31(20(22)3)14-15-34-4)25(30-27(32)35)23-10-5-6-12-28-23/h5-10,12,16-17,25-26H,11,13-15H2,1-4H3,(H,29,33)(H,30,35)/t25-,26-/m0/s1. The summed E-state index contributed by atoms with van der Waals surface area (Å²) in [6.07, 6.45) is 2.13. The van der Waals surface area contributed by atoms with E-state index in [2.05, 4.69) is 45.0 Å². The van der Waals surface area contributed by atoms with Gasteiger partial charge in [-0.05, 0) is 74.4 Å². The van der Waals surface area contributed by atoms with Crippen molar-refractivity contribution in [3.8, 4) is 0 Å². The second-order valence-corrected chi connectivity index (χ2v) is 9.35. The number of hydrogen-bond acceptors (Lipinski definition) is 4. The Morgan fingerprint density at radius 3 is 2.69 bits per heavy atom. The van der Waals surface area contributed by atoms with Crippen molar-refractivity contribution >= 4 is 28.9 Å². The van der Waals surface area contributed by atoms with Crippen molar-refractivity contribution in [1.29, 1.82) is 0 Å². The van der Waals surface area contributed by atoms with Crippen LogP contribution in [-0.2, 0) is 16.1 Å². The zero-order valence-corrected chi connectivity index (χ0v) is 21.6. The van der Waals surface area contributed by atoms with E-state index in [-0.39, 0.29) is 18.0 Å². The Morgan fingerprint density at radius 1 is 1.14 bits per heavy atom. The first-order valence-corrected chi connectivity index (χ1v) is 12.3. The lowest BCUT2D eigenvalue weighted by Gasteiger charge is -2.28. The van der Waals surface area contributed by atoms with Gasteiger partial charge < -0.3 is 24.8 Å². The Hall–Kier alpha value is -3.23. The summed E-state index contributed by atoms with van der Waals surface area (Å²) in [6.45, 7) is 8.18. The Bertz CT molecular complexity index is 1190. The molecule has 1 fully saturated rings. The summed E-state index contributed by atoms with van der Waals surface area (Å²) in [5.74, 6) is -0.0380. The Kier molecular flexibility index (Phi) is 7.83. The minimum absolute atomic E-state index is 0.0380. The van der Waals surface area contributed by atoms with Gasteiger partial charge in [-0.2, -0.15) is 0 Å². The molecule has 1 amide bonds. The number of ether oxygens (including phenoxy) is 1. The third kappa shape index (κ3) is 5.55. The van der Waals surface area contributed by atoms with Gasteiger partial charge in [0.25, 0.3) is 0 Å². The van der Waals surface area contributed by atoms with Crippen LogP contribution in [0.3, 0.4) is 0 Å². The number of nitrogens with zero attached hydrogens (tertiary/aromatic N) is 3. The number of hydrogen-bond donors (Lipinski definition) is 2. The summed E-state index contributed by atoms with van der Waals surface area (Å²) in [5, 5.41) is 7.12. The van der Waals surface area contributed by atoms with Crippen molar-refractivity contribution in [3.63, 3.8) is 0 Å². The van der Waals surface area contributed by atoms with Gasteiger partial charge in [0.05, 0.1) is 24.4 Å². The Balaban J connectivity index is 1.60. The molecule has 35 heavy (non-hydrogen) atoms. The van der Waals surface area contributed by atoms with Crippen LogP contribution in [0.5, 0.6) is 0 Å². The monoisotopic (exact) mass is 491 g/mol. The first kappa shape index (κ1) is 24.9. The number of benzene rings is 1. The number of aromatic nitrogens is 2. The maximum Gasteiger partial charge on any atom is 0.226 e. The van der Waals surface area contributed by atoms with Crippen molar-refractivity contribution in [2.45, 2.75) is 45.8 Å². The van der Waals surface area contributed by atoms with E-state index in [0.717, 1.165) is 23.5 Å². The van der Waals surface area contributed by atoms with Gasteiger partial charge in [0.15, 0.2) is 5.11 Å². The number of amides is 1. The predicted molar refractivity (Wildman–Crippen MR) is 142 cm³/mol. The van der Waals surface area contributed by atoms with Crippen molar-refractivity contribution in [1.82, 2.24) is 19.8 Å². The van der Waals surface area contributed by atoms with E-state index in [0.29, 0.717) is 24.7 Å². The molecule has 2 aromatic heterocycles. The molecule has 3 heterocycles. The maximum absolute atomic E-state index is 12.8. The fourth-order valence-corrected chi connectivity index (χ4v) is 5.14. The number of carbonyl (C=O) groups is 1. The second kappa shape index (κ2) is 11.0. The van der Waals surface area contributed by atoms with E-state index in [1.165, 1.54) is 17.0 Å². The smallest absolute Gasteiger partial charge is 0.226 e. The molecule has 1 aromatic carbocycles. The Morgan fingerprint density at radius 2 is 1.97 bits per heavy atom. The molecule has 1 aliphatic heterocycles. The van der Waals surface area contributed by atoms with Crippen LogP contribution in [0.1, 0.15) is 46.7 Å². The predicted octanol–water partition coefficient (Wildman–Crippen LogP) is 4.46. The van der Waals surface area contributed by atoms with Gasteiger partial charge in [-0.25, -0.2) is 0 Å². The van der Waals surface area contributed by atoms with Gasteiger partial charge in [-0.1, -0.05) is 18.2 Å². The van der Waals surface area contributed by atoms with E-state index in [4.69, 9.17) is 17.0 Å². The molecule has 0 saturated carbocycles. The largest absolute Gasteiger partial charge is 0.383 e. The second-order valence-electron chi connectivity index (χ2n) is 8.96. The molecule has 8 heteroatoms. The lowest BCUT2D eigenvalue weighted by molar-refractivity contribution is -0.116. The Labute approximate surface area is 212 Å². The van der Waals surface area contributed by atoms with Gasteiger partial charge in [-0.3, -0.25) is 9.78 Å². The SMILES string of the molecule is COCCn1c(C)cc([C@H]2[C@H](c3ccccn3)NC(=S)N2CCC(=O)Nc2cccc(C)c2)c1C. The molecule has 1 aliphatic rings. The van der Waals surface area contributed by atoms with Crippen LogP contribution in [-0.4, -0.2) is 45.7 Å². The zero-order valence-electron chi connectivity index (χ0n) is 20.7. The van der Waals surface area contributed by atoms with Crippen LogP contribution in [0.2, 0.25) is 0 Å². The highest BCUT2D eigenvalue weighted by Crippen LogP contribution is 2.40.